The second-order valence-electron chi connectivity index (χ2n) is 5.67. The third-order valence-corrected chi connectivity index (χ3v) is 4.34. The molecule has 1 N–H and O–H groups in total. The first-order chi connectivity index (χ1) is 12.6. The highest BCUT2D eigenvalue weighted by atomic mass is 32.1. The van der Waals surface area contributed by atoms with Gasteiger partial charge in [-0.05, 0) is 38.1 Å². The molecule has 132 valence electrons. The van der Waals surface area contributed by atoms with E-state index >= 15 is 0 Å². The van der Waals surface area contributed by atoms with Gasteiger partial charge in [-0.3, -0.25) is 4.79 Å². The summed E-state index contributed by atoms with van der Waals surface area (Å²) >= 11 is 1.60. The number of thiazole rings is 1. The molecular weight excluding hydrogens is 346 g/mol. The van der Waals surface area contributed by atoms with Crippen molar-refractivity contribution in [1.82, 2.24) is 9.97 Å². The van der Waals surface area contributed by atoms with E-state index in [4.69, 9.17) is 4.74 Å². The number of pyridine rings is 1. The molecule has 0 aliphatic heterocycles. The van der Waals surface area contributed by atoms with Crippen molar-refractivity contribution >= 4 is 29.1 Å². The van der Waals surface area contributed by atoms with Crippen molar-refractivity contribution in [2.75, 3.05) is 5.32 Å². The lowest BCUT2D eigenvalue weighted by atomic mass is 10.2. The number of carbonyl (C=O) groups excluding carboxylic acids is 1. The molecule has 1 aromatic carbocycles. The fraction of sp³-hybridized carbons (Fsp3) is 0.150. The molecule has 26 heavy (non-hydrogen) atoms. The number of carbonyl (C=O) groups is 1. The van der Waals surface area contributed by atoms with E-state index in [1.165, 1.54) is 6.08 Å². The number of hydrogen-bond acceptors (Lipinski definition) is 5. The minimum atomic E-state index is -0.243. The molecule has 3 aromatic rings. The van der Waals surface area contributed by atoms with Crippen molar-refractivity contribution < 1.29 is 9.53 Å². The van der Waals surface area contributed by atoms with Gasteiger partial charge in [-0.1, -0.05) is 24.3 Å². The minimum Gasteiger partial charge on any atom is -0.487 e. The highest BCUT2D eigenvalue weighted by Crippen LogP contribution is 2.21. The smallest absolute Gasteiger partial charge is 0.249 e. The largest absolute Gasteiger partial charge is 0.487 e. The lowest BCUT2D eigenvalue weighted by molar-refractivity contribution is -0.111. The van der Waals surface area contributed by atoms with Crippen molar-refractivity contribution in [1.29, 1.82) is 0 Å². The Kier molecular flexibility index (Phi) is 5.76. The summed E-state index contributed by atoms with van der Waals surface area (Å²) in [7, 11) is 0. The van der Waals surface area contributed by atoms with Crippen LogP contribution < -0.4 is 10.1 Å². The highest BCUT2D eigenvalue weighted by molar-refractivity contribution is 7.09. The summed E-state index contributed by atoms with van der Waals surface area (Å²) in [5.74, 6) is 0.993. The van der Waals surface area contributed by atoms with Gasteiger partial charge < -0.3 is 10.1 Å². The van der Waals surface area contributed by atoms with E-state index in [1.807, 2.05) is 55.6 Å². The molecular formula is C20H19N3O2S. The van der Waals surface area contributed by atoms with E-state index in [1.54, 1.807) is 23.5 Å². The molecule has 0 atom stereocenters. The maximum Gasteiger partial charge on any atom is 0.249 e. The third kappa shape index (κ3) is 5.00. The lowest BCUT2D eigenvalue weighted by Gasteiger charge is -2.08. The number of rotatable bonds is 6. The number of anilines is 1. The van der Waals surface area contributed by atoms with E-state index in [9.17, 15) is 4.79 Å². The van der Waals surface area contributed by atoms with Crippen molar-refractivity contribution in [3.63, 3.8) is 0 Å². The minimum absolute atomic E-state index is 0.243. The van der Waals surface area contributed by atoms with Crippen molar-refractivity contribution in [2.45, 2.75) is 20.5 Å². The Balaban J connectivity index is 1.65. The topological polar surface area (TPSA) is 64.1 Å². The zero-order valence-electron chi connectivity index (χ0n) is 14.6. The standard InChI is InChI=1S/C20H19N3O2S/c1-14-6-5-9-19(21-14)23-20(24)11-10-16-7-3-4-8-18(16)25-12-17-13-26-15(2)22-17/h3-11,13H,12H2,1-2H3,(H,21,23,24)/b11-10+. The molecule has 0 saturated carbocycles. The molecule has 5 nitrogen and oxygen atoms in total. The molecule has 0 unspecified atom stereocenters. The zero-order chi connectivity index (χ0) is 18.4. The van der Waals surface area contributed by atoms with Gasteiger partial charge in [0.15, 0.2) is 0 Å². The van der Waals surface area contributed by atoms with Crippen LogP contribution in [-0.2, 0) is 11.4 Å². The van der Waals surface area contributed by atoms with E-state index in [0.717, 1.165) is 22.0 Å². The Labute approximate surface area is 156 Å². The molecule has 0 fully saturated rings. The molecule has 1 amide bonds. The van der Waals surface area contributed by atoms with Crippen LogP contribution in [-0.4, -0.2) is 15.9 Å². The Hall–Kier alpha value is -2.99. The molecule has 0 aliphatic rings. The van der Waals surface area contributed by atoms with Gasteiger partial charge in [0.05, 0.1) is 10.7 Å². The van der Waals surface area contributed by atoms with Crippen LogP contribution in [0.3, 0.4) is 0 Å². The van der Waals surface area contributed by atoms with Gasteiger partial charge in [0, 0.05) is 22.7 Å². The number of benzene rings is 1. The van der Waals surface area contributed by atoms with Gasteiger partial charge in [0.2, 0.25) is 5.91 Å². The predicted molar refractivity (Wildman–Crippen MR) is 104 cm³/mol. The SMILES string of the molecule is Cc1cccc(NC(=O)/C=C/c2ccccc2OCc2csc(C)n2)n1. The lowest BCUT2D eigenvalue weighted by Crippen LogP contribution is -2.09. The molecule has 0 bridgehead atoms. The van der Waals surface area contributed by atoms with Crippen LogP contribution >= 0.6 is 11.3 Å². The molecule has 0 aliphatic carbocycles. The van der Waals surface area contributed by atoms with E-state index in [-0.39, 0.29) is 5.91 Å². The summed E-state index contributed by atoms with van der Waals surface area (Å²) in [6.07, 6.45) is 3.20. The van der Waals surface area contributed by atoms with Crippen LogP contribution in [0.15, 0.2) is 53.9 Å². The monoisotopic (exact) mass is 365 g/mol. The number of para-hydroxylation sites is 1. The molecule has 3 rings (SSSR count). The fourth-order valence-corrected chi connectivity index (χ4v) is 2.92. The number of amides is 1. The summed E-state index contributed by atoms with van der Waals surface area (Å²) in [5, 5.41) is 5.74. The molecule has 2 aromatic heterocycles. The van der Waals surface area contributed by atoms with Gasteiger partial charge in [-0.25, -0.2) is 9.97 Å². The van der Waals surface area contributed by atoms with Crippen molar-refractivity contribution in [3.8, 4) is 5.75 Å². The van der Waals surface area contributed by atoms with E-state index in [0.29, 0.717) is 18.2 Å². The number of ether oxygens (including phenoxy) is 1. The predicted octanol–water partition coefficient (Wildman–Crippen LogP) is 4.39. The number of aryl methyl sites for hydroxylation is 2. The van der Waals surface area contributed by atoms with Gasteiger partial charge >= 0.3 is 0 Å². The van der Waals surface area contributed by atoms with Crippen LogP contribution in [0, 0.1) is 13.8 Å². The first-order valence-electron chi connectivity index (χ1n) is 8.16. The number of hydrogen-bond donors (Lipinski definition) is 1. The van der Waals surface area contributed by atoms with Crippen molar-refractivity contribution in [3.05, 3.63) is 75.9 Å². The van der Waals surface area contributed by atoms with Crippen LogP contribution in [0.5, 0.6) is 5.75 Å². The highest BCUT2D eigenvalue weighted by Gasteiger charge is 2.04. The maximum atomic E-state index is 12.1. The normalized spacial score (nSPS) is 10.8. The second kappa shape index (κ2) is 8.40. The average Bonchev–Trinajstić information content (AvgIpc) is 3.04. The van der Waals surface area contributed by atoms with Gasteiger partial charge in [0.1, 0.15) is 18.2 Å². The maximum absolute atomic E-state index is 12.1. The van der Waals surface area contributed by atoms with Crippen molar-refractivity contribution in [2.24, 2.45) is 0 Å². The first-order valence-corrected chi connectivity index (χ1v) is 9.04. The fourth-order valence-electron chi connectivity index (χ4n) is 2.32. The molecule has 6 heteroatoms. The Morgan fingerprint density at radius 1 is 1.15 bits per heavy atom. The van der Waals surface area contributed by atoms with E-state index in [2.05, 4.69) is 15.3 Å². The summed E-state index contributed by atoms with van der Waals surface area (Å²) < 4.78 is 5.85. The Bertz CT molecular complexity index is 934. The molecule has 2 heterocycles. The van der Waals surface area contributed by atoms with Crippen LogP contribution in [0.4, 0.5) is 5.82 Å². The van der Waals surface area contributed by atoms with Crippen LogP contribution in [0.1, 0.15) is 22.0 Å². The average molecular weight is 365 g/mol. The molecule has 0 spiro atoms. The van der Waals surface area contributed by atoms with E-state index < -0.39 is 0 Å². The van der Waals surface area contributed by atoms with Crippen LogP contribution in [0.2, 0.25) is 0 Å². The quantitative estimate of drug-likeness (QED) is 0.658. The second-order valence-corrected chi connectivity index (χ2v) is 6.73. The molecule has 0 radical (unpaired) electrons. The zero-order valence-corrected chi connectivity index (χ0v) is 15.4. The molecule has 0 saturated heterocycles. The van der Waals surface area contributed by atoms with Gasteiger partial charge in [0.25, 0.3) is 0 Å². The first kappa shape index (κ1) is 17.8. The summed E-state index contributed by atoms with van der Waals surface area (Å²) in [6, 6.07) is 13.1. The van der Waals surface area contributed by atoms with Gasteiger partial charge in [-0.15, -0.1) is 11.3 Å². The summed E-state index contributed by atoms with van der Waals surface area (Å²) in [5.41, 5.74) is 2.57. The summed E-state index contributed by atoms with van der Waals surface area (Å²) in [4.78, 5) is 20.7. The van der Waals surface area contributed by atoms with Crippen LogP contribution in [0.25, 0.3) is 6.08 Å². The number of aromatic nitrogens is 2. The third-order valence-electron chi connectivity index (χ3n) is 3.52. The number of nitrogens with one attached hydrogen (secondary N) is 1. The number of nitrogens with zero attached hydrogens (tertiary/aromatic N) is 2. The Morgan fingerprint density at radius 2 is 2.00 bits per heavy atom. The summed E-state index contributed by atoms with van der Waals surface area (Å²) in [6.45, 7) is 4.24. The Morgan fingerprint density at radius 3 is 2.77 bits per heavy atom. The van der Waals surface area contributed by atoms with Gasteiger partial charge in [-0.2, -0.15) is 0 Å².